The van der Waals surface area contributed by atoms with Crippen molar-refractivity contribution in [2.75, 3.05) is 7.11 Å². The lowest BCUT2D eigenvalue weighted by atomic mass is 9.94. The summed E-state index contributed by atoms with van der Waals surface area (Å²) in [6, 6.07) is 6.45. The average molecular weight is 381 g/mol. The van der Waals surface area contributed by atoms with E-state index in [0.29, 0.717) is 31.4 Å². The van der Waals surface area contributed by atoms with E-state index in [-0.39, 0.29) is 23.1 Å². The molecule has 3 rings (SSSR count). The third-order valence-corrected chi connectivity index (χ3v) is 5.78. The van der Waals surface area contributed by atoms with Gasteiger partial charge in [-0.1, -0.05) is 12.1 Å². The highest BCUT2D eigenvalue weighted by Gasteiger charge is 2.28. The Bertz CT molecular complexity index is 837. The summed E-state index contributed by atoms with van der Waals surface area (Å²) in [5.74, 6) is -0.211. The van der Waals surface area contributed by atoms with Crippen molar-refractivity contribution < 1.29 is 22.3 Å². The molecule has 0 aliphatic heterocycles. The van der Waals surface area contributed by atoms with Gasteiger partial charge in [-0.2, -0.15) is 0 Å². The number of para-hydroxylation sites is 1. The number of aromatic nitrogens is 2. The normalized spacial score (nSPS) is 20.5. The van der Waals surface area contributed by atoms with Gasteiger partial charge in [0.15, 0.2) is 5.82 Å². The van der Waals surface area contributed by atoms with Gasteiger partial charge in [-0.05, 0) is 37.8 Å². The SMILES string of the molecule is COc1ccccc1S(=O)(=O)NC1CCC(Oc2ncc(F)cn2)CC1. The molecule has 7 nitrogen and oxygen atoms in total. The zero-order valence-corrected chi connectivity index (χ0v) is 15.1. The van der Waals surface area contributed by atoms with E-state index in [1.165, 1.54) is 13.2 Å². The molecule has 1 heterocycles. The Kier molecular flexibility index (Phi) is 5.67. The predicted octanol–water partition coefficient (Wildman–Crippen LogP) is 2.29. The van der Waals surface area contributed by atoms with Crippen molar-refractivity contribution >= 4 is 10.0 Å². The minimum Gasteiger partial charge on any atom is -0.495 e. The molecule has 26 heavy (non-hydrogen) atoms. The minimum atomic E-state index is -3.67. The minimum absolute atomic E-state index is 0.118. The molecule has 1 aromatic heterocycles. The monoisotopic (exact) mass is 381 g/mol. The molecule has 1 aromatic carbocycles. The van der Waals surface area contributed by atoms with E-state index in [2.05, 4.69) is 14.7 Å². The van der Waals surface area contributed by atoms with E-state index in [1.807, 2.05) is 0 Å². The van der Waals surface area contributed by atoms with Crippen molar-refractivity contribution in [2.45, 2.75) is 42.7 Å². The summed E-state index contributed by atoms with van der Waals surface area (Å²) in [6.07, 6.45) is 4.54. The Morgan fingerprint density at radius 2 is 1.77 bits per heavy atom. The van der Waals surface area contributed by atoms with Crippen molar-refractivity contribution in [2.24, 2.45) is 0 Å². The van der Waals surface area contributed by atoms with Gasteiger partial charge in [0.05, 0.1) is 19.5 Å². The number of sulfonamides is 1. The molecule has 9 heteroatoms. The second-order valence-electron chi connectivity index (χ2n) is 6.05. The van der Waals surface area contributed by atoms with Crippen LogP contribution < -0.4 is 14.2 Å². The van der Waals surface area contributed by atoms with Crippen molar-refractivity contribution in [3.63, 3.8) is 0 Å². The lowest BCUT2D eigenvalue weighted by molar-refractivity contribution is 0.131. The topological polar surface area (TPSA) is 90.4 Å². The first kappa shape index (κ1) is 18.5. The van der Waals surface area contributed by atoms with Crippen LogP contribution in [0.1, 0.15) is 25.7 Å². The van der Waals surface area contributed by atoms with Gasteiger partial charge in [-0.25, -0.2) is 27.5 Å². The van der Waals surface area contributed by atoms with Crippen LogP contribution in [0.4, 0.5) is 4.39 Å². The molecule has 1 saturated carbocycles. The molecule has 0 spiro atoms. The van der Waals surface area contributed by atoms with Gasteiger partial charge in [0.1, 0.15) is 16.7 Å². The third-order valence-electron chi connectivity index (χ3n) is 4.22. The Morgan fingerprint density at radius 3 is 2.42 bits per heavy atom. The molecule has 1 aliphatic carbocycles. The quantitative estimate of drug-likeness (QED) is 0.826. The van der Waals surface area contributed by atoms with Crippen LogP contribution in [0, 0.1) is 5.82 Å². The Morgan fingerprint density at radius 1 is 1.12 bits per heavy atom. The summed E-state index contributed by atoms with van der Waals surface area (Å²) in [5.41, 5.74) is 0. The molecule has 0 unspecified atom stereocenters. The van der Waals surface area contributed by atoms with Crippen molar-refractivity contribution in [1.82, 2.24) is 14.7 Å². The van der Waals surface area contributed by atoms with Crippen LogP contribution in [-0.4, -0.2) is 37.6 Å². The maximum Gasteiger partial charge on any atom is 0.316 e. The largest absolute Gasteiger partial charge is 0.495 e. The highest BCUT2D eigenvalue weighted by Crippen LogP contribution is 2.26. The fourth-order valence-electron chi connectivity index (χ4n) is 2.93. The van der Waals surface area contributed by atoms with Crippen LogP contribution in [0.2, 0.25) is 0 Å². The average Bonchev–Trinajstić information content (AvgIpc) is 2.65. The van der Waals surface area contributed by atoms with E-state index in [1.54, 1.807) is 18.2 Å². The number of hydrogen-bond donors (Lipinski definition) is 1. The van der Waals surface area contributed by atoms with E-state index < -0.39 is 15.8 Å². The van der Waals surface area contributed by atoms with Gasteiger partial charge in [0, 0.05) is 6.04 Å². The molecule has 0 atom stereocenters. The number of benzene rings is 1. The smallest absolute Gasteiger partial charge is 0.316 e. The molecule has 2 aromatic rings. The second kappa shape index (κ2) is 7.96. The van der Waals surface area contributed by atoms with Crippen LogP contribution in [0.25, 0.3) is 0 Å². The molecular formula is C17H20FN3O4S. The number of halogens is 1. The summed E-state index contributed by atoms with van der Waals surface area (Å²) >= 11 is 0. The number of hydrogen-bond acceptors (Lipinski definition) is 6. The van der Waals surface area contributed by atoms with Crippen molar-refractivity contribution in [3.8, 4) is 11.8 Å². The Labute approximate surface area is 151 Å². The molecule has 140 valence electrons. The van der Waals surface area contributed by atoms with Crippen molar-refractivity contribution in [3.05, 3.63) is 42.5 Å². The second-order valence-corrected chi connectivity index (χ2v) is 7.73. The first-order valence-corrected chi connectivity index (χ1v) is 9.76. The summed E-state index contributed by atoms with van der Waals surface area (Å²) in [4.78, 5) is 7.68. The molecule has 0 bridgehead atoms. The van der Waals surface area contributed by atoms with Gasteiger partial charge >= 0.3 is 6.01 Å². The Balaban J connectivity index is 1.57. The van der Waals surface area contributed by atoms with E-state index >= 15 is 0 Å². The molecule has 0 radical (unpaired) electrons. The number of ether oxygens (including phenoxy) is 2. The Hall–Kier alpha value is -2.26. The molecule has 1 aliphatic rings. The van der Waals surface area contributed by atoms with Crippen molar-refractivity contribution in [1.29, 1.82) is 0 Å². The standard InChI is InChI=1S/C17H20FN3O4S/c1-24-15-4-2-3-5-16(15)26(22,23)21-13-6-8-14(9-7-13)25-17-19-10-12(18)11-20-17/h2-5,10-11,13-14,21H,6-9H2,1H3. The third kappa shape index (κ3) is 4.47. The van der Waals surface area contributed by atoms with Crippen LogP contribution in [0.15, 0.2) is 41.6 Å². The highest BCUT2D eigenvalue weighted by atomic mass is 32.2. The number of methoxy groups -OCH3 is 1. The van der Waals surface area contributed by atoms with Gasteiger partial charge in [0.25, 0.3) is 0 Å². The molecule has 1 fully saturated rings. The van der Waals surface area contributed by atoms with Gasteiger partial charge in [-0.15, -0.1) is 0 Å². The number of rotatable bonds is 6. The molecule has 1 N–H and O–H groups in total. The highest BCUT2D eigenvalue weighted by molar-refractivity contribution is 7.89. The lowest BCUT2D eigenvalue weighted by Crippen LogP contribution is -2.39. The summed E-state index contributed by atoms with van der Waals surface area (Å²) in [7, 11) is -2.23. The lowest BCUT2D eigenvalue weighted by Gasteiger charge is -2.28. The molecule has 0 amide bonds. The maximum atomic E-state index is 12.8. The molecule has 0 saturated heterocycles. The molecular weight excluding hydrogens is 361 g/mol. The van der Waals surface area contributed by atoms with Crippen LogP contribution in [0.5, 0.6) is 11.8 Å². The fraction of sp³-hybridized carbons (Fsp3) is 0.412. The predicted molar refractivity (Wildman–Crippen MR) is 92.0 cm³/mol. The summed E-state index contributed by atoms with van der Waals surface area (Å²) in [5, 5.41) is 0. The van der Waals surface area contributed by atoms with E-state index in [0.717, 1.165) is 12.4 Å². The zero-order valence-electron chi connectivity index (χ0n) is 14.3. The van der Waals surface area contributed by atoms with Gasteiger partial charge < -0.3 is 9.47 Å². The van der Waals surface area contributed by atoms with Gasteiger partial charge in [-0.3, -0.25) is 0 Å². The first-order valence-electron chi connectivity index (χ1n) is 8.27. The summed E-state index contributed by atoms with van der Waals surface area (Å²) < 4.78 is 51.5. The van der Waals surface area contributed by atoms with Crippen LogP contribution >= 0.6 is 0 Å². The van der Waals surface area contributed by atoms with E-state index in [4.69, 9.17) is 9.47 Å². The zero-order chi connectivity index (χ0) is 18.6. The van der Waals surface area contributed by atoms with Crippen LogP contribution in [0.3, 0.4) is 0 Å². The fourth-order valence-corrected chi connectivity index (χ4v) is 4.41. The first-order chi connectivity index (χ1) is 12.5. The van der Waals surface area contributed by atoms with Crippen LogP contribution in [-0.2, 0) is 10.0 Å². The number of nitrogens with zero attached hydrogens (tertiary/aromatic N) is 2. The summed E-state index contributed by atoms with van der Waals surface area (Å²) in [6.45, 7) is 0. The van der Waals surface area contributed by atoms with E-state index in [9.17, 15) is 12.8 Å². The van der Waals surface area contributed by atoms with Gasteiger partial charge in [0.2, 0.25) is 10.0 Å². The maximum absolute atomic E-state index is 12.8. The number of nitrogens with one attached hydrogen (secondary N) is 1.